The van der Waals surface area contributed by atoms with Gasteiger partial charge in [-0.1, -0.05) is 44.0 Å². The second kappa shape index (κ2) is 9.19. The Morgan fingerprint density at radius 1 is 1.15 bits per heavy atom. The summed E-state index contributed by atoms with van der Waals surface area (Å²) in [7, 11) is -1.67. The molecular formula is C18H31Cl2N3O2Si. The van der Waals surface area contributed by atoms with Crippen LogP contribution < -0.4 is 10.1 Å². The minimum absolute atomic E-state index is 0.234. The van der Waals surface area contributed by atoms with E-state index in [1.807, 2.05) is 0 Å². The maximum Gasteiger partial charge on any atom is 0.193 e. The average Bonchev–Trinajstić information content (AvgIpc) is 2.55. The predicted octanol–water partition coefficient (Wildman–Crippen LogP) is 5.08. The third-order valence-electron chi connectivity index (χ3n) is 5.42. The lowest BCUT2D eigenvalue weighted by Gasteiger charge is -2.41. The highest BCUT2D eigenvalue weighted by Crippen LogP contribution is 2.39. The lowest BCUT2D eigenvalue weighted by Crippen LogP contribution is -2.46. The first kappa shape index (κ1) is 21.9. The van der Waals surface area contributed by atoms with Crippen LogP contribution in [0.1, 0.15) is 46.5 Å². The summed E-state index contributed by atoms with van der Waals surface area (Å²) < 4.78 is 12.2. The Bertz CT molecular complexity index is 588. The third-order valence-corrected chi connectivity index (χ3v) is 10.4. The zero-order valence-corrected chi connectivity index (χ0v) is 19.0. The molecule has 26 heavy (non-hydrogen) atoms. The Hall–Kier alpha value is -0.403. The highest BCUT2D eigenvalue weighted by atomic mass is 35.5. The molecule has 1 aliphatic carbocycles. The van der Waals surface area contributed by atoms with E-state index in [0.29, 0.717) is 24.5 Å². The van der Waals surface area contributed by atoms with E-state index in [9.17, 15) is 0 Å². The predicted molar refractivity (Wildman–Crippen MR) is 110 cm³/mol. The van der Waals surface area contributed by atoms with Crippen molar-refractivity contribution in [2.24, 2.45) is 0 Å². The molecule has 1 heterocycles. The van der Waals surface area contributed by atoms with Gasteiger partial charge in [-0.05, 0) is 43.8 Å². The number of hydrogen-bond acceptors (Lipinski definition) is 5. The fourth-order valence-electron chi connectivity index (χ4n) is 2.84. The summed E-state index contributed by atoms with van der Waals surface area (Å²) in [6.45, 7) is 12.8. The molecule has 1 aliphatic rings. The van der Waals surface area contributed by atoms with E-state index in [2.05, 4.69) is 49.4 Å². The highest BCUT2D eigenvalue weighted by Gasteiger charge is 2.39. The van der Waals surface area contributed by atoms with Gasteiger partial charge in [0.25, 0.3) is 0 Å². The van der Waals surface area contributed by atoms with Crippen molar-refractivity contribution in [2.75, 3.05) is 13.2 Å². The third kappa shape index (κ3) is 6.34. The number of aromatic nitrogens is 2. The van der Waals surface area contributed by atoms with Crippen molar-refractivity contribution in [2.45, 2.75) is 76.7 Å². The van der Waals surface area contributed by atoms with Crippen LogP contribution >= 0.6 is 23.2 Å². The van der Waals surface area contributed by atoms with Crippen LogP contribution in [0.3, 0.4) is 0 Å². The lowest BCUT2D eigenvalue weighted by molar-refractivity contribution is 0.123. The fourth-order valence-corrected chi connectivity index (χ4v) is 4.55. The van der Waals surface area contributed by atoms with E-state index in [1.54, 1.807) is 6.07 Å². The first-order chi connectivity index (χ1) is 12.1. The van der Waals surface area contributed by atoms with Crippen LogP contribution in [0.5, 0.6) is 5.75 Å². The number of nitrogens with zero attached hydrogens (tertiary/aromatic N) is 2. The average molecular weight is 420 g/mol. The molecule has 8 heteroatoms. The Labute approximate surface area is 168 Å². The topological polar surface area (TPSA) is 56.3 Å². The van der Waals surface area contributed by atoms with Crippen LogP contribution in [-0.4, -0.2) is 43.8 Å². The quantitative estimate of drug-likeness (QED) is 0.492. The largest absolute Gasteiger partial charge is 0.489 e. The Morgan fingerprint density at radius 2 is 1.81 bits per heavy atom. The zero-order valence-electron chi connectivity index (χ0n) is 16.4. The Balaban J connectivity index is 1.67. The van der Waals surface area contributed by atoms with Crippen LogP contribution in [0.2, 0.25) is 28.4 Å². The molecule has 0 amide bonds. The van der Waals surface area contributed by atoms with E-state index in [-0.39, 0.29) is 15.3 Å². The standard InChI is InChI=1S/C18H31Cl2N3O2Si/c1-18(2,3)26(4,5)25-14-8-6-13(7-9-14)21-10-11-24-15-12-16(19)22-23-17(15)20/h12-14,21H,6-11H2,1-5H3. The molecule has 0 bridgehead atoms. The molecule has 1 fully saturated rings. The normalized spacial score (nSPS) is 21.7. The van der Waals surface area contributed by atoms with Crippen molar-refractivity contribution in [1.82, 2.24) is 15.5 Å². The van der Waals surface area contributed by atoms with Crippen molar-refractivity contribution in [3.8, 4) is 5.75 Å². The maximum atomic E-state index is 6.55. The van der Waals surface area contributed by atoms with Crippen molar-refractivity contribution >= 4 is 31.5 Å². The van der Waals surface area contributed by atoms with E-state index in [4.69, 9.17) is 32.4 Å². The monoisotopic (exact) mass is 419 g/mol. The van der Waals surface area contributed by atoms with Gasteiger partial charge in [0.05, 0.1) is 0 Å². The smallest absolute Gasteiger partial charge is 0.193 e. The highest BCUT2D eigenvalue weighted by molar-refractivity contribution is 6.74. The molecule has 5 nitrogen and oxygen atoms in total. The molecular weight excluding hydrogens is 389 g/mol. The summed E-state index contributed by atoms with van der Waals surface area (Å²) in [6, 6.07) is 2.10. The number of hydrogen-bond donors (Lipinski definition) is 1. The summed E-state index contributed by atoms with van der Waals surface area (Å²) in [5.41, 5.74) is 0. The minimum atomic E-state index is -1.67. The van der Waals surface area contributed by atoms with Gasteiger partial charge >= 0.3 is 0 Å². The van der Waals surface area contributed by atoms with E-state index in [0.717, 1.165) is 32.2 Å². The molecule has 0 spiro atoms. The molecule has 0 unspecified atom stereocenters. The second-order valence-corrected chi connectivity index (χ2v) is 14.0. The van der Waals surface area contributed by atoms with Crippen molar-refractivity contribution < 1.29 is 9.16 Å². The summed E-state index contributed by atoms with van der Waals surface area (Å²) in [5, 5.41) is 11.7. The molecule has 2 rings (SSSR count). The summed E-state index contributed by atoms with van der Waals surface area (Å²) >= 11 is 11.7. The first-order valence-corrected chi connectivity index (χ1v) is 13.0. The van der Waals surface area contributed by atoms with Crippen molar-refractivity contribution in [3.63, 3.8) is 0 Å². The summed E-state index contributed by atoms with van der Waals surface area (Å²) in [6.07, 6.45) is 4.95. The Kier molecular flexibility index (Phi) is 7.74. The fraction of sp³-hybridized carbons (Fsp3) is 0.778. The second-order valence-electron chi connectivity index (χ2n) is 8.48. The summed E-state index contributed by atoms with van der Waals surface area (Å²) in [4.78, 5) is 0. The number of rotatable bonds is 7. The van der Waals surface area contributed by atoms with Crippen molar-refractivity contribution in [1.29, 1.82) is 0 Å². The molecule has 0 radical (unpaired) electrons. The van der Waals surface area contributed by atoms with E-state index in [1.165, 1.54) is 0 Å². The van der Waals surface area contributed by atoms with Crippen LogP contribution in [-0.2, 0) is 4.43 Å². The molecule has 0 saturated heterocycles. The van der Waals surface area contributed by atoms with Gasteiger partial charge in [-0.3, -0.25) is 0 Å². The first-order valence-electron chi connectivity index (χ1n) is 9.31. The molecule has 148 valence electrons. The SMILES string of the molecule is CC(C)(C)[Si](C)(C)OC1CCC(NCCOc2cc(Cl)nnc2Cl)CC1. The molecule has 1 N–H and O–H groups in total. The van der Waals surface area contributed by atoms with E-state index >= 15 is 0 Å². The van der Waals surface area contributed by atoms with Gasteiger partial charge in [-0.25, -0.2) is 0 Å². The van der Waals surface area contributed by atoms with Gasteiger partial charge in [0.2, 0.25) is 0 Å². The van der Waals surface area contributed by atoms with Crippen molar-refractivity contribution in [3.05, 3.63) is 16.4 Å². The number of nitrogens with one attached hydrogen (secondary N) is 1. The van der Waals surface area contributed by atoms with Crippen LogP contribution in [0.15, 0.2) is 6.07 Å². The van der Waals surface area contributed by atoms with Crippen LogP contribution in [0, 0.1) is 0 Å². The molecule has 1 saturated carbocycles. The molecule has 0 aliphatic heterocycles. The van der Waals surface area contributed by atoms with Gasteiger partial charge < -0.3 is 14.5 Å². The summed E-state index contributed by atoms with van der Waals surface area (Å²) in [5.74, 6) is 0.472. The molecule has 0 aromatic carbocycles. The number of halogens is 2. The van der Waals surface area contributed by atoms with Crippen LogP contribution in [0.25, 0.3) is 0 Å². The van der Waals surface area contributed by atoms with Gasteiger partial charge in [0.1, 0.15) is 6.61 Å². The van der Waals surface area contributed by atoms with Gasteiger partial charge in [0, 0.05) is 24.8 Å². The zero-order chi connectivity index (χ0) is 19.4. The van der Waals surface area contributed by atoms with Gasteiger partial charge in [-0.2, -0.15) is 0 Å². The molecule has 1 aromatic rings. The van der Waals surface area contributed by atoms with E-state index < -0.39 is 8.32 Å². The van der Waals surface area contributed by atoms with Crippen LogP contribution in [0.4, 0.5) is 0 Å². The number of ether oxygens (including phenoxy) is 1. The molecule has 0 atom stereocenters. The Morgan fingerprint density at radius 3 is 2.42 bits per heavy atom. The lowest BCUT2D eigenvalue weighted by atomic mass is 9.93. The maximum absolute atomic E-state index is 6.55. The molecule has 1 aromatic heterocycles. The minimum Gasteiger partial charge on any atom is -0.489 e. The van der Waals surface area contributed by atoms with Gasteiger partial charge in [-0.15, -0.1) is 10.2 Å². The van der Waals surface area contributed by atoms with Gasteiger partial charge in [0.15, 0.2) is 24.4 Å².